The van der Waals surface area contributed by atoms with E-state index in [0.717, 1.165) is 18.9 Å². The van der Waals surface area contributed by atoms with E-state index in [1.54, 1.807) is 7.05 Å². The average molecular weight is 259 g/mol. The highest BCUT2D eigenvalue weighted by Crippen LogP contribution is 2.27. The number of hydrogen-bond acceptors (Lipinski definition) is 1. The SMILES string of the molecule is CCCC(C)CC(NC)c1ccc(F)c(F)c1F. The van der Waals surface area contributed by atoms with Crippen LogP contribution in [0.3, 0.4) is 0 Å². The molecule has 0 aliphatic rings. The molecule has 102 valence electrons. The Bertz CT molecular complexity index is 393. The van der Waals surface area contributed by atoms with Crippen LogP contribution in [0.15, 0.2) is 12.1 Å². The fraction of sp³-hybridized carbons (Fsp3) is 0.571. The minimum Gasteiger partial charge on any atom is -0.313 e. The van der Waals surface area contributed by atoms with E-state index >= 15 is 0 Å². The predicted octanol–water partition coefficient (Wildman–Crippen LogP) is 4.19. The molecule has 1 aromatic carbocycles. The second-order valence-corrected chi connectivity index (χ2v) is 4.74. The Balaban J connectivity index is 2.92. The molecule has 0 aliphatic heterocycles. The van der Waals surface area contributed by atoms with Gasteiger partial charge in [0.05, 0.1) is 0 Å². The zero-order valence-corrected chi connectivity index (χ0v) is 11.1. The van der Waals surface area contributed by atoms with Gasteiger partial charge in [0.25, 0.3) is 0 Å². The molecule has 0 saturated carbocycles. The molecule has 0 heterocycles. The van der Waals surface area contributed by atoms with Gasteiger partial charge in [-0.05, 0) is 25.5 Å². The molecule has 18 heavy (non-hydrogen) atoms. The topological polar surface area (TPSA) is 12.0 Å². The van der Waals surface area contributed by atoms with E-state index in [2.05, 4.69) is 19.2 Å². The molecule has 2 atom stereocenters. The van der Waals surface area contributed by atoms with Gasteiger partial charge in [-0.2, -0.15) is 0 Å². The van der Waals surface area contributed by atoms with E-state index in [1.807, 2.05) is 0 Å². The summed E-state index contributed by atoms with van der Waals surface area (Å²) in [7, 11) is 1.70. The lowest BCUT2D eigenvalue weighted by atomic mass is 9.92. The Morgan fingerprint density at radius 2 is 1.83 bits per heavy atom. The van der Waals surface area contributed by atoms with Gasteiger partial charge in [-0.1, -0.05) is 32.8 Å². The molecular formula is C14H20F3N. The summed E-state index contributed by atoms with van der Waals surface area (Å²) in [5.74, 6) is -3.22. The van der Waals surface area contributed by atoms with E-state index < -0.39 is 17.5 Å². The zero-order valence-electron chi connectivity index (χ0n) is 11.1. The summed E-state index contributed by atoms with van der Waals surface area (Å²) >= 11 is 0. The Morgan fingerprint density at radius 1 is 1.17 bits per heavy atom. The lowest BCUT2D eigenvalue weighted by molar-refractivity contribution is 0.383. The molecule has 0 aromatic heterocycles. The minimum atomic E-state index is -1.39. The van der Waals surface area contributed by atoms with E-state index in [-0.39, 0.29) is 11.6 Å². The minimum absolute atomic E-state index is 0.194. The maximum Gasteiger partial charge on any atom is 0.194 e. The summed E-state index contributed by atoms with van der Waals surface area (Å²) in [5, 5.41) is 2.97. The Labute approximate surface area is 106 Å². The third-order valence-corrected chi connectivity index (χ3v) is 3.21. The number of benzene rings is 1. The molecule has 1 rings (SSSR count). The lowest BCUT2D eigenvalue weighted by Gasteiger charge is -2.21. The molecule has 0 radical (unpaired) electrons. The molecule has 1 nitrogen and oxygen atoms in total. The maximum atomic E-state index is 13.7. The van der Waals surface area contributed by atoms with Gasteiger partial charge < -0.3 is 5.32 Å². The zero-order chi connectivity index (χ0) is 13.7. The molecular weight excluding hydrogens is 239 g/mol. The van der Waals surface area contributed by atoms with Crippen LogP contribution in [0.1, 0.15) is 44.7 Å². The average Bonchev–Trinajstić information content (AvgIpc) is 2.34. The van der Waals surface area contributed by atoms with E-state index in [0.29, 0.717) is 12.3 Å². The van der Waals surface area contributed by atoms with Crippen molar-refractivity contribution in [1.29, 1.82) is 0 Å². The smallest absolute Gasteiger partial charge is 0.194 e. The van der Waals surface area contributed by atoms with Crippen LogP contribution in [0.4, 0.5) is 13.2 Å². The highest BCUT2D eigenvalue weighted by molar-refractivity contribution is 5.23. The van der Waals surface area contributed by atoms with Crippen LogP contribution in [-0.4, -0.2) is 7.05 Å². The molecule has 4 heteroatoms. The fourth-order valence-electron chi connectivity index (χ4n) is 2.22. The molecule has 1 N–H and O–H groups in total. The first-order valence-corrected chi connectivity index (χ1v) is 6.31. The molecule has 0 aliphatic carbocycles. The number of nitrogens with one attached hydrogen (secondary N) is 1. The van der Waals surface area contributed by atoms with Crippen LogP contribution in [0, 0.1) is 23.4 Å². The quantitative estimate of drug-likeness (QED) is 0.755. The molecule has 1 aromatic rings. The van der Waals surface area contributed by atoms with Crippen LogP contribution in [0.5, 0.6) is 0 Å². The summed E-state index contributed by atoms with van der Waals surface area (Å²) in [6.45, 7) is 4.16. The largest absolute Gasteiger partial charge is 0.313 e. The molecule has 2 unspecified atom stereocenters. The third-order valence-electron chi connectivity index (χ3n) is 3.21. The highest BCUT2D eigenvalue weighted by Gasteiger charge is 2.21. The lowest BCUT2D eigenvalue weighted by Crippen LogP contribution is -2.21. The van der Waals surface area contributed by atoms with Crippen LogP contribution in [0.2, 0.25) is 0 Å². The van der Waals surface area contributed by atoms with Gasteiger partial charge in [-0.25, -0.2) is 13.2 Å². The number of hydrogen-bond donors (Lipinski definition) is 1. The predicted molar refractivity (Wildman–Crippen MR) is 66.8 cm³/mol. The standard InChI is InChI=1S/C14H20F3N/c1-4-5-9(2)8-12(18-3)10-6-7-11(15)14(17)13(10)16/h6-7,9,12,18H,4-5,8H2,1-3H3. The summed E-state index contributed by atoms with van der Waals surface area (Å²) in [6, 6.07) is 2.00. The number of rotatable bonds is 6. The maximum absolute atomic E-state index is 13.7. The van der Waals surface area contributed by atoms with Gasteiger partial charge in [0.1, 0.15) is 0 Å². The second kappa shape index (κ2) is 6.78. The third kappa shape index (κ3) is 3.48. The fourth-order valence-corrected chi connectivity index (χ4v) is 2.22. The van der Waals surface area contributed by atoms with Crippen molar-refractivity contribution in [2.45, 2.75) is 39.2 Å². The van der Waals surface area contributed by atoms with Crippen LogP contribution < -0.4 is 5.32 Å². The van der Waals surface area contributed by atoms with Crippen molar-refractivity contribution in [3.05, 3.63) is 35.1 Å². The van der Waals surface area contributed by atoms with Gasteiger partial charge in [0, 0.05) is 11.6 Å². The second-order valence-electron chi connectivity index (χ2n) is 4.74. The normalized spacial score (nSPS) is 14.6. The monoisotopic (exact) mass is 259 g/mol. The van der Waals surface area contributed by atoms with Gasteiger partial charge >= 0.3 is 0 Å². The van der Waals surface area contributed by atoms with E-state index in [4.69, 9.17) is 0 Å². The van der Waals surface area contributed by atoms with Gasteiger partial charge in [-0.15, -0.1) is 0 Å². The molecule has 0 fully saturated rings. The molecule has 0 saturated heterocycles. The van der Waals surface area contributed by atoms with Crippen LogP contribution >= 0.6 is 0 Å². The van der Waals surface area contributed by atoms with Crippen molar-refractivity contribution in [2.75, 3.05) is 7.05 Å². The van der Waals surface area contributed by atoms with Crippen molar-refractivity contribution in [2.24, 2.45) is 5.92 Å². The first kappa shape index (κ1) is 15.0. The summed E-state index contributed by atoms with van der Waals surface area (Å²) in [5.41, 5.74) is 0.194. The molecule has 0 bridgehead atoms. The van der Waals surface area contributed by atoms with Gasteiger partial charge in [0.15, 0.2) is 17.5 Å². The Kier molecular flexibility index (Phi) is 5.66. The van der Waals surface area contributed by atoms with Crippen molar-refractivity contribution in [3.63, 3.8) is 0 Å². The van der Waals surface area contributed by atoms with Gasteiger partial charge in [-0.3, -0.25) is 0 Å². The van der Waals surface area contributed by atoms with Crippen molar-refractivity contribution >= 4 is 0 Å². The Morgan fingerprint density at radius 3 is 2.39 bits per heavy atom. The first-order chi connectivity index (χ1) is 8.51. The van der Waals surface area contributed by atoms with Crippen molar-refractivity contribution in [3.8, 4) is 0 Å². The van der Waals surface area contributed by atoms with Crippen molar-refractivity contribution in [1.82, 2.24) is 5.32 Å². The van der Waals surface area contributed by atoms with E-state index in [9.17, 15) is 13.2 Å². The summed E-state index contributed by atoms with van der Waals surface area (Å²) in [4.78, 5) is 0. The van der Waals surface area contributed by atoms with Gasteiger partial charge in [0.2, 0.25) is 0 Å². The highest BCUT2D eigenvalue weighted by atomic mass is 19.2. The van der Waals surface area contributed by atoms with Crippen LogP contribution in [0.25, 0.3) is 0 Å². The summed E-state index contributed by atoms with van der Waals surface area (Å²) in [6.07, 6.45) is 2.79. The first-order valence-electron chi connectivity index (χ1n) is 6.31. The molecule has 0 spiro atoms. The van der Waals surface area contributed by atoms with E-state index in [1.165, 1.54) is 6.07 Å². The van der Waals surface area contributed by atoms with Crippen LogP contribution in [-0.2, 0) is 0 Å². The van der Waals surface area contributed by atoms with Crippen molar-refractivity contribution < 1.29 is 13.2 Å². The molecule has 0 amide bonds. The Hall–Kier alpha value is -1.03. The number of halogens is 3. The summed E-state index contributed by atoms with van der Waals surface area (Å²) < 4.78 is 39.8.